The number of carbonyl (C=O) groups excluding carboxylic acids is 1. The van der Waals surface area contributed by atoms with Gasteiger partial charge in [-0.1, -0.05) is 5.16 Å². The monoisotopic (exact) mass is 166 g/mol. The van der Waals surface area contributed by atoms with Crippen LogP contribution >= 0.6 is 0 Å². The molecule has 0 aromatic carbocycles. The molecule has 0 spiro atoms. The smallest absolute Gasteiger partial charge is 0.542 e. The van der Waals surface area contributed by atoms with Crippen LogP contribution in [0.4, 0.5) is 0 Å². The van der Waals surface area contributed by atoms with Crippen molar-refractivity contribution in [3.8, 4) is 6.07 Å². The van der Waals surface area contributed by atoms with Crippen LogP contribution in [0.5, 0.6) is 0 Å². The van der Waals surface area contributed by atoms with Gasteiger partial charge in [0.15, 0.2) is 0 Å². The third kappa shape index (κ3) is 4.90. The summed E-state index contributed by atoms with van der Waals surface area (Å²) in [5.74, 6) is -1.64. The molecule has 0 heterocycles. The summed E-state index contributed by atoms with van der Waals surface area (Å²) in [6.45, 7) is 0. The fraction of sp³-hybridized carbons (Fsp3) is 0.250. The minimum atomic E-state index is -1.64. The van der Waals surface area contributed by atoms with Crippen molar-refractivity contribution in [3.05, 3.63) is 0 Å². The Morgan fingerprint density at radius 1 is 1.80 bits per heavy atom. The van der Waals surface area contributed by atoms with Gasteiger partial charge in [0.25, 0.3) is 0 Å². The fourth-order valence-electron chi connectivity index (χ4n) is 0.195. The van der Waals surface area contributed by atoms with Crippen LogP contribution in [0, 0.1) is 11.3 Å². The molecule has 0 rings (SSSR count). The molecule has 6 heteroatoms. The molecule has 0 aliphatic heterocycles. The maximum Gasteiger partial charge on any atom is 1.00 e. The summed E-state index contributed by atoms with van der Waals surface area (Å²) in [4.78, 5) is 13.8. The van der Waals surface area contributed by atoms with E-state index in [1.807, 2.05) is 0 Å². The van der Waals surface area contributed by atoms with Gasteiger partial charge in [-0.25, -0.2) is 0 Å². The summed E-state index contributed by atoms with van der Waals surface area (Å²) in [6, 6.07) is 1.27. The number of hydrogen-bond acceptors (Lipinski definition) is 5. The molecule has 0 saturated heterocycles. The average Bonchev–Trinajstić information content (AvgIpc) is 1.82. The van der Waals surface area contributed by atoms with Gasteiger partial charge in [0, 0.05) is 0 Å². The van der Waals surface area contributed by atoms with Crippen LogP contribution < -0.4 is 56.5 Å². The van der Waals surface area contributed by atoms with E-state index in [0.29, 0.717) is 0 Å². The Morgan fingerprint density at radius 3 is 2.40 bits per heavy atom. The summed E-state index contributed by atoms with van der Waals surface area (Å²) >= 11 is 0. The van der Waals surface area contributed by atoms with Crippen molar-refractivity contribution < 1.29 is 66.1 Å². The first-order valence-electron chi connectivity index (χ1n) is 1.95. The van der Waals surface area contributed by atoms with Gasteiger partial charge >= 0.3 is 51.4 Å². The number of nitriles is 1. The number of aliphatic carboxylic acids is 1. The number of carboxylic acids is 1. The Hall–Kier alpha value is 0.0664. The normalized spacial score (nSPS) is 9.00. The van der Waals surface area contributed by atoms with Crippen molar-refractivity contribution in [2.24, 2.45) is 5.16 Å². The largest absolute Gasteiger partial charge is 1.00 e. The van der Waals surface area contributed by atoms with Crippen LogP contribution in [0.1, 0.15) is 0 Å². The van der Waals surface area contributed by atoms with E-state index in [0.717, 1.165) is 7.11 Å². The molecule has 0 unspecified atom stereocenters. The molecule has 0 bridgehead atoms. The van der Waals surface area contributed by atoms with E-state index in [1.165, 1.54) is 6.07 Å². The van der Waals surface area contributed by atoms with E-state index in [4.69, 9.17) is 5.26 Å². The van der Waals surface area contributed by atoms with Gasteiger partial charge in [0.1, 0.15) is 19.1 Å². The molecular weight excluding hydrogens is 163 g/mol. The first kappa shape index (κ1) is 12.7. The Balaban J connectivity index is 0. The zero-order valence-electron chi connectivity index (χ0n) is 5.62. The standard InChI is InChI=1S/C4H4N2O3.K/c1-9-6-3(2-5)4(7)8;/h1H3,(H,7,8);/q;+1/p-1/b6-3+;. The van der Waals surface area contributed by atoms with E-state index in [9.17, 15) is 9.90 Å². The zero-order valence-corrected chi connectivity index (χ0v) is 8.74. The first-order valence-corrected chi connectivity index (χ1v) is 1.95. The molecule has 10 heavy (non-hydrogen) atoms. The Bertz CT molecular complexity index is 183. The summed E-state index contributed by atoms with van der Waals surface area (Å²) in [5.41, 5.74) is -0.766. The molecule has 0 amide bonds. The molecule has 48 valence electrons. The second-order valence-electron chi connectivity index (χ2n) is 1.02. The third-order valence-corrected chi connectivity index (χ3v) is 0.482. The predicted octanol–water partition coefficient (Wildman–Crippen LogP) is -4.73. The van der Waals surface area contributed by atoms with Crippen molar-refractivity contribution in [3.63, 3.8) is 0 Å². The van der Waals surface area contributed by atoms with E-state index in [2.05, 4.69) is 9.99 Å². The number of hydrogen-bond donors (Lipinski definition) is 0. The third-order valence-electron chi connectivity index (χ3n) is 0.482. The van der Waals surface area contributed by atoms with Crippen molar-refractivity contribution in [1.29, 1.82) is 5.26 Å². The van der Waals surface area contributed by atoms with Gasteiger partial charge < -0.3 is 14.7 Å². The van der Waals surface area contributed by atoms with E-state index < -0.39 is 11.7 Å². The first-order chi connectivity index (χ1) is 4.22. The molecule has 0 aromatic heterocycles. The van der Waals surface area contributed by atoms with Crippen LogP contribution in [0.3, 0.4) is 0 Å². The summed E-state index contributed by atoms with van der Waals surface area (Å²) < 4.78 is 0. The zero-order chi connectivity index (χ0) is 7.28. The molecule has 0 saturated carbocycles. The van der Waals surface area contributed by atoms with Crippen molar-refractivity contribution >= 4 is 11.7 Å². The molecule has 0 atom stereocenters. The molecule has 0 aliphatic carbocycles. The molecule has 0 radical (unpaired) electrons. The van der Waals surface area contributed by atoms with Crippen LogP contribution in [-0.4, -0.2) is 18.8 Å². The van der Waals surface area contributed by atoms with Crippen molar-refractivity contribution in [1.82, 2.24) is 0 Å². The fourth-order valence-corrected chi connectivity index (χ4v) is 0.195. The maximum atomic E-state index is 9.78. The molecular formula is C4H3KN2O3. The molecule has 0 aromatic rings. The summed E-state index contributed by atoms with van der Waals surface area (Å²) in [5, 5.41) is 20.6. The second-order valence-corrected chi connectivity index (χ2v) is 1.02. The number of nitrogens with zero attached hydrogens (tertiary/aromatic N) is 2. The summed E-state index contributed by atoms with van der Waals surface area (Å²) in [6.07, 6.45) is 0. The average molecular weight is 166 g/mol. The van der Waals surface area contributed by atoms with Crippen LogP contribution in [0.2, 0.25) is 0 Å². The SMILES string of the molecule is CO/N=C(\C#N)C(=O)[O-].[K+]. The van der Waals surface area contributed by atoms with Crippen LogP contribution in [0.25, 0.3) is 0 Å². The maximum absolute atomic E-state index is 9.78. The predicted molar refractivity (Wildman–Crippen MR) is 25.1 cm³/mol. The Morgan fingerprint density at radius 2 is 2.30 bits per heavy atom. The van der Waals surface area contributed by atoms with Gasteiger partial charge in [0.2, 0.25) is 5.71 Å². The van der Waals surface area contributed by atoms with E-state index in [-0.39, 0.29) is 51.4 Å². The minimum Gasteiger partial charge on any atom is -0.542 e. The number of carboxylic acid groups (broad SMARTS) is 1. The second kappa shape index (κ2) is 7.18. The minimum absolute atomic E-state index is 0. The molecule has 5 nitrogen and oxygen atoms in total. The molecule has 0 fully saturated rings. The van der Waals surface area contributed by atoms with Crippen molar-refractivity contribution in [2.45, 2.75) is 0 Å². The van der Waals surface area contributed by atoms with Gasteiger partial charge in [-0.3, -0.25) is 0 Å². The molecule has 0 aliphatic rings. The number of carbonyl (C=O) groups is 1. The van der Waals surface area contributed by atoms with E-state index >= 15 is 0 Å². The number of oxime groups is 1. The van der Waals surface area contributed by atoms with Gasteiger partial charge in [-0.05, 0) is 0 Å². The van der Waals surface area contributed by atoms with Gasteiger partial charge in [-0.15, -0.1) is 0 Å². The van der Waals surface area contributed by atoms with Gasteiger partial charge in [0.05, 0.1) is 0 Å². The topological polar surface area (TPSA) is 85.5 Å². The summed E-state index contributed by atoms with van der Waals surface area (Å²) in [7, 11) is 1.14. The Labute approximate surface area is 100 Å². The van der Waals surface area contributed by atoms with Crippen molar-refractivity contribution in [2.75, 3.05) is 7.11 Å². The van der Waals surface area contributed by atoms with Crippen LogP contribution in [-0.2, 0) is 9.63 Å². The molecule has 0 N–H and O–H groups in total. The van der Waals surface area contributed by atoms with Gasteiger partial charge in [-0.2, -0.15) is 5.26 Å². The quantitative estimate of drug-likeness (QED) is 0.234. The Kier molecular flexibility index (Phi) is 9.13. The number of rotatable bonds is 2. The van der Waals surface area contributed by atoms with Crippen LogP contribution in [0.15, 0.2) is 5.16 Å². The van der Waals surface area contributed by atoms with E-state index in [1.54, 1.807) is 0 Å².